The topological polar surface area (TPSA) is 47.9 Å². The number of aliphatic hydroxyl groups is 1. The smallest absolute Gasteiger partial charge is 0.117 e. The number of benzene rings is 2. The Labute approximate surface area is 149 Å². The van der Waals surface area contributed by atoms with Gasteiger partial charge in [0.15, 0.2) is 0 Å². The Morgan fingerprint density at radius 2 is 1.48 bits per heavy atom. The average molecular weight is 342 g/mol. The van der Waals surface area contributed by atoms with Gasteiger partial charge in [-0.3, -0.25) is 0 Å². The molecule has 0 spiro atoms. The first kappa shape index (κ1) is 18.1. The summed E-state index contributed by atoms with van der Waals surface area (Å²) in [6.45, 7) is 4.92. The molecule has 0 amide bonds. The van der Waals surface area contributed by atoms with Crippen LogP contribution in [0, 0.1) is 0 Å². The Bertz CT molecular complexity index is 641. The third-order valence-corrected chi connectivity index (χ3v) is 4.83. The van der Waals surface area contributed by atoms with Crippen molar-refractivity contribution >= 4 is 0 Å². The van der Waals surface area contributed by atoms with Crippen LogP contribution < -0.4 is 0 Å². The Morgan fingerprint density at radius 3 is 2.04 bits per heavy atom. The maximum atomic E-state index is 10.9. The summed E-state index contributed by atoms with van der Waals surface area (Å²) in [5.41, 5.74) is 1.04. The van der Waals surface area contributed by atoms with Gasteiger partial charge in [0.2, 0.25) is 0 Å². The van der Waals surface area contributed by atoms with Crippen LogP contribution >= 0.6 is 0 Å². The molecule has 3 unspecified atom stereocenters. The van der Waals surface area contributed by atoms with E-state index in [1.165, 1.54) is 0 Å². The van der Waals surface area contributed by atoms with E-state index in [0.717, 1.165) is 11.1 Å². The number of hydrogen-bond donors (Lipinski definition) is 1. The molecule has 2 aromatic carbocycles. The van der Waals surface area contributed by atoms with Gasteiger partial charge in [-0.1, -0.05) is 60.7 Å². The second kappa shape index (κ2) is 8.11. The van der Waals surface area contributed by atoms with Gasteiger partial charge in [0, 0.05) is 0 Å². The summed E-state index contributed by atoms with van der Waals surface area (Å²) in [6, 6.07) is 19.9. The zero-order chi connectivity index (χ0) is 17.7. The quantitative estimate of drug-likeness (QED) is 0.875. The molecule has 0 aliphatic carbocycles. The van der Waals surface area contributed by atoms with Gasteiger partial charge < -0.3 is 19.3 Å². The van der Waals surface area contributed by atoms with Crippen molar-refractivity contribution in [2.75, 3.05) is 6.61 Å². The highest BCUT2D eigenvalue weighted by molar-refractivity contribution is 5.14. The van der Waals surface area contributed by atoms with E-state index in [0.29, 0.717) is 19.8 Å². The Balaban J connectivity index is 1.68. The molecule has 2 aromatic rings. The predicted octanol–water partition coefficient (Wildman–Crippen LogP) is 3.33. The van der Waals surface area contributed by atoms with E-state index >= 15 is 0 Å². The molecular weight excluding hydrogens is 316 g/mol. The van der Waals surface area contributed by atoms with Gasteiger partial charge in [-0.25, -0.2) is 0 Å². The van der Waals surface area contributed by atoms with Crippen LogP contribution in [0.1, 0.15) is 25.0 Å². The Morgan fingerprint density at radius 1 is 0.960 bits per heavy atom. The molecule has 134 valence electrons. The first-order chi connectivity index (χ1) is 12.1. The number of hydrogen-bond acceptors (Lipinski definition) is 4. The first-order valence-electron chi connectivity index (χ1n) is 8.72. The van der Waals surface area contributed by atoms with Crippen LogP contribution in [0.5, 0.6) is 0 Å². The van der Waals surface area contributed by atoms with Crippen molar-refractivity contribution in [3.8, 4) is 0 Å². The highest BCUT2D eigenvalue weighted by Crippen LogP contribution is 2.31. The van der Waals surface area contributed by atoms with Crippen LogP contribution in [0.3, 0.4) is 0 Å². The summed E-state index contributed by atoms with van der Waals surface area (Å²) in [5.74, 6) is 0. The summed E-state index contributed by atoms with van der Waals surface area (Å²) >= 11 is 0. The van der Waals surface area contributed by atoms with E-state index in [1.807, 2.05) is 67.6 Å². The lowest BCUT2D eigenvalue weighted by atomic mass is 9.87. The van der Waals surface area contributed by atoms with Gasteiger partial charge in [-0.05, 0) is 25.0 Å². The molecule has 1 fully saturated rings. The van der Waals surface area contributed by atoms with Crippen LogP contribution in [0.15, 0.2) is 60.7 Å². The highest BCUT2D eigenvalue weighted by Gasteiger charge is 2.48. The normalized spacial score (nSPS) is 29.5. The highest BCUT2D eigenvalue weighted by atomic mass is 16.6. The molecule has 4 nitrogen and oxygen atoms in total. The molecule has 0 saturated carbocycles. The Kier molecular flexibility index (Phi) is 5.86. The van der Waals surface area contributed by atoms with Crippen molar-refractivity contribution in [1.29, 1.82) is 0 Å². The monoisotopic (exact) mass is 342 g/mol. The Hall–Kier alpha value is -1.72. The third kappa shape index (κ3) is 4.47. The second-order valence-corrected chi connectivity index (χ2v) is 6.75. The molecule has 0 radical (unpaired) electrons. The lowest BCUT2D eigenvalue weighted by Crippen LogP contribution is -2.61. The van der Waals surface area contributed by atoms with Crippen molar-refractivity contribution in [3.63, 3.8) is 0 Å². The maximum Gasteiger partial charge on any atom is 0.117 e. The molecule has 3 rings (SSSR count). The van der Waals surface area contributed by atoms with E-state index in [1.54, 1.807) is 6.92 Å². The molecular formula is C21H26O4. The molecule has 1 saturated heterocycles. The fraction of sp³-hybridized carbons (Fsp3) is 0.429. The van der Waals surface area contributed by atoms with Crippen LogP contribution in [0.4, 0.5) is 0 Å². The zero-order valence-electron chi connectivity index (χ0n) is 14.8. The van der Waals surface area contributed by atoms with E-state index in [4.69, 9.17) is 14.2 Å². The summed E-state index contributed by atoms with van der Waals surface area (Å²) < 4.78 is 17.9. The van der Waals surface area contributed by atoms with Gasteiger partial charge in [-0.2, -0.15) is 0 Å². The van der Waals surface area contributed by atoms with Gasteiger partial charge in [-0.15, -0.1) is 0 Å². The number of ether oxygens (including phenoxy) is 3. The summed E-state index contributed by atoms with van der Waals surface area (Å²) in [7, 11) is 0. The molecule has 1 aliphatic rings. The molecule has 0 bridgehead atoms. The molecule has 1 aliphatic heterocycles. The first-order valence-corrected chi connectivity index (χ1v) is 8.72. The zero-order valence-corrected chi connectivity index (χ0v) is 14.8. The SMILES string of the molecule is CC1OCC(OCc2ccccc2)C(OCc2ccccc2)[C@]1(C)O. The molecule has 4 heteroatoms. The largest absolute Gasteiger partial charge is 0.385 e. The molecule has 0 aromatic heterocycles. The lowest BCUT2D eigenvalue weighted by Gasteiger charge is -2.45. The van der Waals surface area contributed by atoms with Crippen molar-refractivity contribution in [2.24, 2.45) is 0 Å². The molecule has 1 heterocycles. The maximum absolute atomic E-state index is 10.9. The van der Waals surface area contributed by atoms with Crippen LogP contribution in [0.25, 0.3) is 0 Å². The summed E-state index contributed by atoms with van der Waals surface area (Å²) in [6.07, 6.45) is -1.10. The molecule has 25 heavy (non-hydrogen) atoms. The van der Waals surface area contributed by atoms with Crippen molar-refractivity contribution in [3.05, 3.63) is 71.8 Å². The lowest BCUT2D eigenvalue weighted by molar-refractivity contribution is -0.259. The average Bonchev–Trinajstić information content (AvgIpc) is 2.63. The van der Waals surface area contributed by atoms with Gasteiger partial charge in [0.05, 0.1) is 25.9 Å². The van der Waals surface area contributed by atoms with Gasteiger partial charge >= 0.3 is 0 Å². The van der Waals surface area contributed by atoms with Gasteiger partial charge in [0.1, 0.15) is 17.8 Å². The van der Waals surface area contributed by atoms with Crippen molar-refractivity contribution < 1.29 is 19.3 Å². The van der Waals surface area contributed by atoms with E-state index in [2.05, 4.69) is 0 Å². The summed E-state index contributed by atoms with van der Waals surface area (Å²) in [5, 5.41) is 10.9. The summed E-state index contributed by atoms with van der Waals surface area (Å²) in [4.78, 5) is 0. The fourth-order valence-electron chi connectivity index (χ4n) is 3.05. The standard InChI is InChI=1S/C21H26O4/c1-16-21(2,22)20(25-14-18-11-7-4-8-12-18)19(15-23-16)24-13-17-9-5-3-6-10-17/h3-12,16,19-20,22H,13-15H2,1-2H3/t16?,19?,20?,21-/m1/s1. The van der Waals surface area contributed by atoms with Crippen molar-refractivity contribution in [2.45, 2.75) is 51.0 Å². The minimum Gasteiger partial charge on any atom is -0.385 e. The van der Waals surface area contributed by atoms with Crippen LogP contribution in [-0.2, 0) is 27.4 Å². The molecule has 4 atom stereocenters. The van der Waals surface area contributed by atoms with E-state index in [-0.39, 0.29) is 12.2 Å². The van der Waals surface area contributed by atoms with Gasteiger partial charge in [0.25, 0.3) is 0 Å². The fourth-order valence-corrected chi connectivity index (χ4v) is 3.05. The van der Waals surface area contributed by atoms with Crippen LogP contribution in [0.2, 0.25) is 0 Å². The number of rotatable bonds is 6. The minimum atomic E-state index is -1.12. The van der Waals surface area contributed by atoms with E-state index in [9.17, 15) is 5.11 Å². The third-order valence-electron chi connectivity index (χ3n) is 4.83. The predicted molar refractivity (Wildman–Crippen MR) is 96.1 cm³/mol. The van der Waals surface area contributed by atoms with Crippen LogP contribution in [-0.4, -0.2) is 35.6 Å². The van der Waals surface area contributed by atoms with E-state index < -0.39 is 11.7 Å². The van der Waals surface area contributed by atoms with Crippen molar-refractivity contribution in [1.82, 2.24) is 0 Å². The minimum absolute atomic E-state index is 0.315. The second-order valence-electron chi connectivity index (χ2n) is 6.75. The molecule has 1 N–H and O–H groups in total.